The highest BCUT2D eigenvalue weighted by Crippen LogP contribution is 2.30. The molecule has 4 atom stereocenters. The Balaban J connectivity index is 2.35. The van der Waals surface area contributed by atoms with Crippen molar-refractivity contribution in [2.45, 2.75) is 24.6 Å². The molecule has 2 rings (SSSR count). The highest BCUT2D eigenvalue weighted by Gasteiger charge is 2.44. The van der Waals surface area contributed by atoms with Crippen LogP contribution in [0.5, 0.6) is 0 Å². The monoisotopic (exact) mass is 262 g/mol. The van der Waals surface area contributed by atoms with Crippen molar-refractivity contribution in [1.29, 1.82) is 0 Å². The molecule has 2 heterocycles. The molecule has 6 nitrogen and oxygen atoms in total. The Morgan fingerprint density at radius 3 is 2.88 bits per heavy atom. The molecule has 8 heteroatoms. The van der Waals surface area contributed by atoms with Gasteiger partial charge in [0.1, 0.15) is 12.2 Å². The van der Waals surface area contributed by atoms with Crippen molar-refractivity contribution in [3.63, 3.8) is 0 Å². The molecular weight excluding hydrogens is 251 g/mol. The van der Waals surface area contributed by atoms with Crippen LogP contribution in [0.3, 0.4) is 0 Å². The Morgan fingerprint density at radius 2 is 2.35 bits per heavy atom. The van der Waals surface area contributed by atoms with Crippen molar-refractivity contribution in [1.82, 2.24) is 9.55 Å². The van der Waals surface area contributed by atoms with Crippen molar-refractivity contribution < 1.29 is 19.3 Å². The van der Waals surface area contributed by atoms with E-state index in [0.717, 1.165) is 0 Å². The number of halogens is 1. The van der Waals surface area contributed by atoms with E-state index in [-0.39, 0.29) is 4.77 Å². The molecular formula is C9H11FN2O4S. The summed E-state index contributed by atoms with van der Waals surface area (Å²) in [5.41, 5.74) is -0.394. The topological polar surface area (TPSA) is 87.5 Å². The third-order valence-corrected chi connectivity index (χ3v) is 2.91. The Labute approximate surface area is 100 Å². The number of aromatic nitrogens is 2. The SMILES string of the molecule is O=c1ccn([C@@H]2O[C@H](CO)C(F)[C@@H]2O)c(=S)[nH]1. The van der Waals surface area contributed by atoms with E-state index in [1.807, 2.05) is 0 Å². The van der Waals surface area contributed by atoms with Crippen LogP contribution in [0, 0.1) is 4.77 Å². The first-order valence-corrected chi connectivity index (χ1v) is 5.35. The number of nitrogens with one attached hydrogen (secondary N) is 1. The van der Waals surface area contributed by atoms with Gasteiger partial charge in [-0.3, -0.25) is 14.3 Å². The number of aromatic amines is 1. The molecule has 1 unspecified atom stereocenters. The van der Waals surface area contributed by atoms with E-state index in [0.29, 0.717) is 0 Å². The van der Waals surface area contributed by atoms with Crippen molar-refractivity contribution in [2.75, 3.05) is 6.61 Å². The Kier molecular flexibility index (Phi) is 3.38. The molecule has 0 bridgehead atoms. The van der Waals surface area contributed by atoms with Gasteiger partial charge >= 0.3 is 0 Å². The van der Waals surface area contributed by atoms with Gasteiger partial charge in [-0.25, -0.2) is 4.39 Å². The molecule has 0 spiro atoms. The maximum atomic E-state index is 13.5. The number of rotatable bonds is 2. The van der Waals surface area contributed by atoms with Gasteiger partial charge in [0.2, 0.25) is 0 Å². The van der Waals surface area contributed by atoms with Gasteiger partial charge in [0, 0.05) is 12.3 Å². The number of hydrogen-bond donors (Lipinski definition) is 3. The third kappa shape index (κ3) is 2.16. The van der Waals surface area contributed by atoms with Crippen LogP contribution < -0.4 is 5.56 Å². The van der Waals surface area contributed by atoms with Gasteiger partial charge in [-0.05, 0) is 12.2 Å². The van der Waals surface area contributed by atoms with E-state index in [9.17, 15) is 14.3 Å². The summed E-state index contributed by atoms with van der Waals surface area (Å²) in [6.07, 6.45) is -3.97. The van der Waals surface area contributed by atoms with Gasteiger partial charge in [0.25, 0.3) is 5.56 Å². The Hall–Kier alpha value is -1.09. The summed E-state index contributed by atoms with van der Waals surface area (Å²) in [6.45, 7) is -0.536. The lowest BCUT2D eigenvalue weighted by molar-refractivity contribution is -0.0528. The second-order valence-electron chi connectivity index (χ2n) is 3.70. The van der Waals surface area contributed by atoms with Crippen LogP contribution in [-0.4, -0.2) is 44.8 Å². The molecule has 1 aromatic rings. The average molecular weight is 262 g/mol. The van der Waals surface area contributed by atoms with Crippen LogP contribution in [0.15, 0.2) is 17.1 Å². The van der Waals surface area contributed by atoms with Gasteiger partial charge in [0.15, 0.2) is 17.2 Å². The minimum Gasteiger partial charge on any atom is -0.394 e. The molecule has 17 heavy (non-hydrogen) atoms. The molecule has 0 aromatic carbocycles. The zero-order valence-corrected chi connectivity index (χ0v) is 9.43. The minimum absolute atomic E-state index is 0.0207. The smallest absolute Gasteiger partial charge is 0.251 e. The summed E-state index contributed by atoms with van der Waals surface area (Å²) in [7, 11) is 0. The van der Waals surface area contributed by atoms with Crippen molar-refractivity contribution >= 4 is 12.2 Å². The van der Waals surface area contributed by atoms with Gasteiger partial charge in [-0.1, -0.05) is 0 Å². The lowest BCUT2D eigenvalue weighted by Gasteiger charge is -2.17. The van der Waals surface area contributed by atoms with Crippen LogP contribution in [0.2, 0.25) is 0 Å². The molecule has 0 radical (unpaired) electrons. The summed E-state index contributed by atoms with van der Waals surface area (Å²) >= 11 is 4.87. The molecule has 1 saturated heterocycles. The van der Waals surface area contributed by atoms with Crippen LogP contribution >= 0.6 is 12.2 Å². The fourth-order valence-corrected chi connectivity index (χ4v) is 1.98. The van der Waals surface area contributed by atoms with Crippen LogP contribution in [0.1, 0.15) is 6.23 Å². The predicted octanol–water partition coefficient (Wildman–Crippen LogP) is -0.505. The fraction of sp³-hybridized carbons (Fsp3) is 0.556. The molecule has 0 amide bonds. The number of alkyl halides is 1. The van der Waals surface area contributed by atoms with E-state index < -0.39 is 36.8 Å². The quantitative estimate of drug-likeness (QED) is 0.625. The number of H-pyrrole nitrogens is 1. The maximum Gasteiger partial charge on any atom is 0.251 e. The number of aliphatic hydroxyl groups excluding tert-OH is 2. The fourth-order valence-electron chi connectivity index (χ4n) is 1.71. The van der Waals surface area contributed by atoms with Crippen LogP contribution in [0.25, 0.3) is 0 Å². The van der Waals surface area contributed by atoms with E-state index in [4.69, 9.17) is 22.1 Å². The Bertz CT molecular complexity index is 516. The summed E-state index contributed by atoms with van der Waals surface area (Å²) in [5, 5.41) is 18.5. The normalized spacial score (nSPS) is 32.9. The largest absolute Gasteiger partial charge is 0.394 e. The molecule has 3 N–H and O–H groups in total. The van der Waals surface area contributed by atoms with Crippen LogP contribution in [0.4, 0.5) is 4.39 Å². The summed E-state index contributed by atoms with van der Waals surface area (Å²) in [6, 6.07) is 1.19. The Morgan fingerprint density at radius 1 is 1.65 bits per heavy atom. The van der Waals surface area contributed by atoms with Gasteiger partial charge in [-0.2, -0.15) is 0 Å². The van der Waals surface area contributed by atoms with E-state index >= 15 is 0 Å². The molecule has 94 valence electrons. The maximum absolute atomic E-state index is 13.5. The molecule has 0 saturated carbocycles. The highest BCUT2D eigenvalue weighted by atomic mass is 32.1. The second-order valence-corrected chi connectivity index (χ2v) is 4.09. The first kappa shape index (κ1) is 12.4. The molecule has 1 fully saturated rings. The van der Waals surface area contributed by atoms with E-state index in [1.54, 1.807) is 0 Å². The number of hydrogen-bond acceptors (Lipinski definition) is 5. The molecule has 1 aromatic heterocycles. The first-order valence-electron chi connectivity index (χ1n) is 4.94. The lowest BCUT2D eigenvalue weighted by Crippen LogP contribution is -2.30. The van der Waals surface area contributed by atoms with Gasteiger partial charge in [0.05, 0.1) is 6.61 Å². The van der Waals surface area contributed by atoms with Crippen molar-refractivity contribution in [2.24, 2.45) is 0 Å². The molecule has 1 aliphatic heterocycles. The second kappa shape index (κ2) is 4.65. The zero-order valence-electron chi connectivity index (χ0n) is 8.62. The number of nitrogens with zero attached hydrogens (tertiary/aromatic N) is 1. The average Bonchev–Trinajstić information content (AvgIpc) is 2.57. The lowest BCUT2D eigenvalue weighted by atomic mass is 10.1. The highest BCUT2D eigenvalue weighted by molar-refractivity contribution is 7.71. The number of ether oxygens (including phenoxy) is 1. The van der Waals surface area contributed by atoms with Gasteiger partial charge < -0.3 is 14.9 Å². The summed E-state index contributed by atoms with van der Waals surface area (Å²) in [4.78, 5) is 13.3. The minimum atomic E-state index is -1.70. The predicted molar refractivity (Wildman–Crippen MR) is 57.8 cm³/mol. The van der Waals surface area contributed by atoms with Crippen LogP contribution in [-0.2, 0) is 4.74 Å². The van der Waals surface area contributed by atoms with Gasteiger partial charge in [-0.15, -0.1) is 0 Å². The van der Waals surface area contributed by atoms with Crippen molar-refractivity contribution in [3.8, 4) is 0 Å². The molecule has 0 aliphatic carbocycles. The van der Waals surface area contributed by atoms with Crippen molar-refractivity contribution in [3.05, 3.63) is 27.4 Å². The first-order chi connectivity index (χ1) is 8.04. The summed E-state index contributed by atoms with van der Waals surface area (Å²) < 4.78 is 19.9. The zero-order chi connectivity index (χ0) is 12.6. The number of aliphatic hydroxyl groups is 2. The van der Waals surface area contributed by atoms with E-state index in [2.05, 4.69) is 4.98 Å². The summed E-state index contributed by atoms with van der Waals surface area (Å²) in [5.74, 6) is 0. The molecule has 1 aliphatic rings. The standard InChI is InChI=1S/C9H11FN2O4S/c10-6-4(3-13)16-8(7(6)15)12-2-1-5(14)11-9(12)17/h1-2,4,6-8,13,15H,3H2,(H,11,14,17)/t4-,6?,7+,8-/m1/s1. The van der Waals surface area contributed by atoms with E-state index in [1.165, 1.54) is 16.8 Å². The third-order valence-electron chi connectivity index (χ3n) is 2.59.